The molecule has 0 spiro atoms. The van der Waals surface area contributed by atoms with Crippen LogP contribution >= 0.6 is 11.3 Å². The predicted octanol–water partition coefficient (Wildman–Crippen LogP) is 2.23. The van der Waals surface area contributed by atoms with Gasteiger partial charge in [-0.1, -0.05) is 0 Å². The first kappa shape index (κ1) is 16.0. The van der Waals surface area contributed by atoms with Gasteiger partial charge >= 0.3 is 0 Å². The van der Waals surface area contributed by atoms with Gasteiger partial charge in [0.25, 0.3) is 5.91 Å². The van der Waals surface area contributed by atoms with Crippen molar-refractivity contribution in [3.05, 3.63) is 28.5 Å². The average molecular weight is 333 g/mol. The Balaban J connectivity index is 1.61. The van der Waals surface area contributed by atoms with Gasteiger partial charge in [0.2, 0.25) is 0 Å². The van der Waals surface area contributed by atoms with Gasteiger partial charge in [0, 0.05) is 44.3 Å². The topological polar surface area (TPSA) is 54.3 Å². The van der Waals surface area contributed by atoms with Crippen molar-refractivity contribution in [1.29, 1.82) is 0 Å². The van der Waals surface area contributed by atoms with E-state index in [1.54, 1.807) is 16.0 Å². The highest BCUT2D eigenvalue weighted by Gasteiger charge is 2.28. The molecule has 0 aromatic carbocycles. The van der Waals surface area contributed by atoms with Crippen LogP contribution in [0.3, 0.4) is 0 Å². The number of rotatable bonds is 3. The summed E-state index contributed by atoms with van der Waals surface area (Å²) in [4.78, 5) is 21.3. The molecule has 1 fully saturated rings. The fourth-order valence-corrected chi connectivity index (χ4v) is 3.80. The Bertz CT molecular complexity index is 680. The molecule has 0 bridgehead atoms. The zero-order valence-corrected chi connectivity index (χ0v) is 14.9. The van der Waals surface area contributed by atoms with E-state index >= 15 is 0 Å². The van der Waals surface area contributed by atoms with Crippen LogP contribution in [0, 0.1) is 13.8 Å². The predicted molar refractivity (Wildman–Crippen MR) is 92.1 cm³/mol. The molecule has 1 amide bonds. The van der Waals surface area contributed by atoms with Crippen LogP contribution in [-0.2, 0) is 7.05 Å². The number of piperidine rings is 1. The smallest absolute Gasteiger partial charge is 0.274 e. The van der Waals surface area contributed by atoms with E-state index in [0.29, 0.717) is 5.69 Å². The molecule has 3 heterocycles. The number of thiazole rings is 1. The lowest BCUT2D eigenvalue weighted by Gasteiger charge is -2.36. The number of anilines is 1. The summed E-state index contributed by atoms with van der Waals surface area (Å²) in [6, 6.07) is 2.12. The molecule has 1 aliphatic rings. The molecular weight excluding hydrogens is 310 g/mol. The highest BCUT2D eigenvalue weighted by molar-refractivity contribution is 7.13. The van der Waals surface area contributed by atoms with Crippen LogP contribution in [0.2, 0.25) is 0 Å². The minimum atomic E-state index is 0.0113. The van der Waals surface area contributed by atoms with E-state index in [-0.39, 0.29) is 11.9 Å². The van der Waals surface area contributed by atoms with Crippen molar-refractivity contribution in [2.75, 3.05) is 25.0 Å². The lowest BCUT2D eigenvalue weighted by atomic mass is 10.0. The molecule has 0 radical (unpaired) electrons. The van der Waals surface area contributed by atoms with E-state index in [2.05, 4.69) is 20.4 Å². The molecule has 0 atom stereocenters. The molecule has 2 aromatic heterocycles. The number of carbonyl (C=O) groups excluding carboxylic acids is 1. The molecular formula is C16H23N5OS. The Kier molecular flexibility index (Phi) is 4.39. The van der Waals surface area contributed by atoms with Crippen molar-refractivity contribution < 1.29 is 4.79 Å². The molecule has 1 aliphatic heterocycles. The summed E-state index contributed by atoms with van der Waals surface area (Å²) < 4.78 is 1.74. The van der Waals surface area contributed by atoms with E-state index in [1.165, 1.54) is 0 Å². The third-order valence-corrected chi connectivity index (χ3v) is 5.56. The van der Waals surface area contributed by atoms with Gasteiger partial charge in [-0.3, -0.25) is 9.48 Å². The lowest BCUT2D eigenvalue weighted by molar-refractivity contribution is 0.0702. The first-order chi connectivity index (χ1) is 11.0. The van der Waals surface area contributed by atoms with Crippen molar-refractivity contribution in [3.63, 3.8) is 0 Å². The number of aryl methyl sites for hydroxylation is 3. The summed E-state index contributed by atoms with van der Waals surface area (Å²) in [5.74, 6) is 0.0113. The number of aromatic nitrogens is 3. The maximum Gasteiger partial charge on any atom is 0.274 e. The van der Waals surface area contributed by atoms with Crippen molar-refractivity contribution in [2.45, 2.75) is 32.7 Å². The van der Waals surface area contributed by atoms with Gasteiger partial charge in [0.1, 0.15) is 0 Å². The maximum absolute atomic E-state index is 12.6. The third kappa shape index (κ3) is 3.24. The molecule has 0 aliphatic carbocycles. The summed E-state index contributed by atoms with van der Waals surface area (Å²) in [5.41, 5.74) is 2.60. The van der Waals surface area contributed by atoms with Gasteiger partial charge in [0.05, 0.1) is 5.69 Å². The van der Waals surface area contributed by atoms with Crippen LogP contribution in [0.1, 0.15) is 34.7 Å². The standard InChI is InChI=1S/C16H23N5OS/c1-11-10-23-16(17-11)21-7-5-13(6-8-21)19(3)15(22)14-9-12(2)20(4)18-14/h9-10,13H,5-8H2,1-4H3. The molecule has 124 valence electrons. The van der Waals surface area contributed by atoms with Gasteiger partial charge in [-0.15, -0.1) is 11.3 Å². The third-order valence-electron chi connectivity index (χ3n) is 4.54. The van der Waals surface area contributed by atoms with Gasteiger partial charge in [0.15, 0.2) is 10.8 Å². The van der Waals surface area contributed by atoms with Crippen LogP contribution in [-0.4, -0.2) is 51.8 Å². The number of amides is 1. The maximum atomic E-state index is 12.6. The molecule has 0 N–H and O–H groups in total. The van der Waals surface area contributed by atoms with Crippen LogP contribution in [0.4, 0.5) is 5.13 Å². The molecule has 1 saturated heterocycles. The molecule has 7 heteroatoms. The highest BCUT2D eigenvalue weighted by atomic mass is 32.1. The number of hydrogen-bond donors (Lipinski definition) is 0. The van der Waals surface area contributed by atoms with E-state index in [1.807, 2.05) is 38.9 Å². The summed E-state index contributed by atoms with van der Waals surface area (Å²) in [6.45, 7) is 5.86. The second kappa shape index (κ2) is 6.31. The van der Waals surface area contributed by atoms with Gasteiger partial charge in [-0.05, 0) is 32.8 Å². The minimum Gasteiger partial charge on any atom is -0.348 e. The van der Waals surface area contributed by atoms with Crippen molar-refractivity contribution in [2.24, 2.45) is 7.05 Å². The van der Waals surface area contributed by atoms with Crippen LogP contribution in [0.25, 0.3) is 0 Å². The van der Waals surface area contributed by atoms with Gasteiger partial charge in [-0.25, -0.2) is 4.98 Å². The lowest BCUT2D eigenvalue weighted by Crippen LogP contribution is -2.45. The average Bonchev–Trinajstić information content (AvgIpc) is 3.12. The number of hydrogen-bond acceptors (Lipinski definition) is 5. The van der Waals surface area contributed by atoms with E-state index in [0.717, 1.165) is 42.5 Å². The Morgan fingerprint density at radius 3 is 2.57 bits per heavy atom. The largest absolute Gasteiger partial charge is 0.348 e. The number of nitrogens with zero attached hydrogens (tertiary/aromatic N) is 5. The number of carbonyl (C=O) groups is 1. The zero-order chi connectivity index (χ0) is 16.6. The molecule has 0 unspecified atom stereocenters. The summed E-state index contributed by atoms with van der Waals surface area (Å²) in [7, 11) is 3.75. The minimum absolute atomic E-state index is 0.0113. The van der Waals surface area contributed by atoms with E-state index in [4.69, 9.17) is 0 Å². The van der Waals surface area contributed by atoms with Gasteiger partial charge < -0.3 is 9.80 Å². The Labute approximate surface area is 140 Å². The van der Waals surface area contributed by atoms with Gasteiger partial charge in [-0.2, -0.15) is 5.10 Å². The molecule has 3 rings (SSSR count). The molecule has 6 nitrogen and oxygen atoms in total. The monoisotopic (exact) mass is 333 g/mol. The SMILES string of the molecule is Cc1csc(N2CCC(N(C)C(=O)c3cc(C)n(C)n3)CC2)n1. The first-order valence-electron chi connectivity index (χ1n) is 7.90. The molecule has 2 aromatic rings. The summed E-state index contributed by atoms with van der Waals surface area (Å²) in [6.07, 6.45) is 1.93. The quantitative estimate of drug-likeness (QED) is 0.864. The Hall–Kier alpha value is -1.89. The van der Waals surface area contributed by atoms with E-state index in [9.17, 15) is 4.79 Å². The summed E-state index contributed by atoms with van der Waals surface area (Å²) >= 11 is 1.69. The first-order valence-corrected chi connectivity index (χ1v) is 8.78. The Morgan fingerprint density at radius 1 is 1.35 bits per heavy atom. The fourth-order valence-electron chi connectivity index (χ4n) is 2.94. The molecule has 0 saturated carbocycles. The normalized spacial score (nSPS) is 15.9. The van der Waals surface area contributed by atoms with E-state index < -0.39 is 0 Å². The second-order valence-corrected chi connectivity index (χ2v) is 7.04. The fraction of sp³-hybridized carbons (Fsp3) is 0.562. The Morgan fingerprint density at radius 2 is 2.04 bits per heavy atom. The highest BCUT2D eigenvalue weighted by Crippen LogP contribution is 2.25. The van der Waals surface area contributed by atoms with Crippen molar-refractivity contribution in [1.82, 2.24) is 19.7 Å². The summed E-state index contributed by atoms with van der Waals surface area (Å²) in [5, 5.41) is 7.47. The van der Waals surface area contributed by atoms with Crippen LogP contribution < -0.4 is 4.90 Å². The second-order valence-electron chi connectivity index (χ2n) is 6.20. The zero-order valence-electron chi connectivity index (χ0n) is 14.1. The molecule has 23 heavy (non-hydrogen) atoms. The van der Waals surface area contributed by atoms with Crippen molar-refractivity contribution >= 4 is 22.4 Å². The van der Waals surface area contributed by atoms with Crippen LogP contribution in [0.15, 0.2) is 11.4 Å². The van der Waals surface area contributed by atoms with Crippen LogP contribution in [0.5, 0.6) is 0 Å². The van der Waals surface area contributed by atoms with Crippen molar-refractivity contribution in [3.8, 4) is 0 Å².